The highest BCUT2D eigenvalue weighted by Crippen LogP contribution is 2.10. The van der Waals surface area contributed by atoms with Gasteiger partial charge in [-0.3, -0.25) is 19.2 Å². The van der Waals surface area contributed by atoms with Gasteiger partial charge < -0.3 is 9.80 Å². The number of rotatable bonds is 11. The molecule has 1 unspecified atom stereocenters. The molecule has 0 rings (SSSR count). The lowest BCUT2D eigenvalue weighted by Gasteiger charge is -2.25. The molecule has 0 aliphatic rings. The third kappa shape index (κ3) is 9.81. The molecule has 0 fully saturated rings. The highest BCUT2D eigenvalue weighted by molar-refractivity contribution is 5.97. The van der Waals surface area contributed by atoms with Crippen LogP contribution in [0.25, 0.3) is 0 Å². The van der Waals surface area contributed by atoms with Crippen molar-refractivity contribution in [1.29, 1.82) is 0 Å². The monoisotopic (exact) mass is 326 g/mol. The molecule has 6 nitrogen and oxygen atoms in total. The van der Waals surface area contributed by atoms with Gasteiger partial charge in [-0.1, -0.05) is 12.8 Å². The first-order valence-electron chi connectivity index (χ1n) is 8.13. The van der Waals surface area contributed by atoms with Crippen molar-refractivity contribution in [1.82, 2.24) is 9.80 Å². The van der Waals surface area contributed by atoms with Gasteiger partial charge in [-0.15, -0.1) is 0 Å². The van der Waals surface area contributed by atoms with Crippen molar-refractivity contribution < 1.29 is 19.2 Å². The van der Waals surface area contributed by atoms with Crippen LogP contribution in [-0.4, -0.2) is 59.9 Å². The zero-order valence-corrected chi connectivity index (χ0v) is 15.1. The van der Waals surface area contributed by atoms with Crippen molar-refractivity contribution in [3.63, 3.8) is 0 Å². The minimum Gasteiger partial charge on any atom is -0.345 e. The first-order chi connectivity index (χ1) is 10.6. The minimum absolute atomic E-state index is 0.0312. The molecule has 0 saturated carbocycles. The predicted octanol–water partition coefficient (Wildman–Crippen LogP) is 1.81. The molecule has 0 N–H and O–H groups in total. The third-order valence-electron chi connectivity index (χ3n) is 3.90. The number of unbranched alkanes of at least 4 members (excludes halogenated alkanes) is 2. The molecular formula is C17H30N2O4. The molecule has 1 atom stereocenters. The fourth-order valence-electron chi connectivity index (χ4n) is 2.22. The van der Waals surface area contributed by atoms with E-state index in [1.807, 2.05) is 6.92 Å². The smallest absolute Gasteiger partial charge is 0.229 e. The molecule has 0 bridgehead atoms. The maximum absolute atomic E-state index is 11.8. The lowest BCUT2D eigenvalue weighted by molar-refractivity contribution is -0.136. The first kappa shape index (κ1) is 21.3. The van der Waals surface area contributed by atoms with Crippen molar-refractivity contribution in [3.8, 4) is 0 Å². The van der Waals surface area contributed by atoms with Crippen LogP contribution in [0.5, 0.6) is 0 Å². The van der Waals surface area contributed by atoms with Crippen molar-refractivity contribution in [2.45, 2.75) is 65.3 Å². The predicted molar refractivity (Wildman–Crippen MR) is 88.9 cm³/mol. The zero-order chi connectivity index (χ0) is 18.0. The Morgan fingerprint density at radius 1 is 0.826 bits per heavy atom. The zero-order valence-electron chi connectivity index (χ0n) is 15.1. The highest BCUT2D eigenvalue weighted by Gasteiger charge is 2.16. The van der Waals surface area contributed by atoms with E-state index in [4.69, 9.17) is 0 Å². The van der Waals surface area contributed by atoms with Crippen LogP contribution in [0.3, 0.4) is 0 Å². The molecule has 0 heterocycles. The molecule has 0 radical (unpaired) electrons. The summed E-state index contributed by atoms with van der Waals surface area (Å²) in [5.41, 5.74) is 0. The molecule has 0 aromatic carbocycles. The van der Waals surface area contributed by atoms with Crippen LogP contribution in [0, 0.1) is 0 Å². The number of ketones is 2. The average molecular weight is 326 g/mol. The van der Waals surface area contributed by atoms with Crippen molar-refractivity contribution in [3.05, 3.63) is 0 Å². The summed E-state index contributed by atoms with van der Waals surface area (Å²) in [5.74, 6) is -0.513. The Hall–Kier alpha value is -1.72. The van der Waals surface area contributed by atoms with Crippen LogP contribution in [0.2, 0.25) is 0 Å². The fraction of sp³-hybridized carbons (Fsp3) is 0.765. The molecule has 0 aromatic rings. The van der Waals surface area contributed by atoms with Gasteiger partial charge in [-0.25, -0.2) is 0 Å². The molecule has 6 heteroatoms. The topological polar surface area (TPSA) is 74.8 Å². The maximum Gasteiger partial charge on any atom is 0.229 e. The van der Waals surface area contributed by atoms with Crippen molar-refractivity contribution in [2.24, 2.45) is 0 Å². The van der Waals surface area contributed by atoms with E-state index in [2.05, 4.69) is 0 Å². The summed E-state index contributed by atoms with van der Waals surface area (Å²) in [6.07, 6.45) is 3.58. The van der Waals surface area contributed by atoms with Gasteiger partial charge in [-0.05, 0) is 33.6 Å². The van der Waals surface area contributed by atoms with E-state index in [1.165, 1.54) is 13.8 Å². The Bertz CT molecular complexity index is 434. The standard InChI is InChI=1S/C17H30N2O4/c1-13(19(5)17(23)12-15(3)21)9-7-6-8-10-18(4)16(22)11-14(2)20/h13H,6-12H2,1-5H3. The van der Waals surface area contributed by atoms with Gasteiger partial charge in [0, 0.05) is 26.7 Å². The Kier molecular flexibility index (Phi) is 10.1. The molecular weight excluding hydrogens is 296 g/mol. The van der Waals surface area contributed by atoms with Crippen LogP contribution in [-0.2, 0) is 19.2 Å². The molecule has 0 aliphatic carbocycles. The van der Waals surface area contributed by atoms with E-state index >= 15 is 0 Å². The minimum atomic E-state index is -0.139. The van der Waals surface area contributed by atoms with E-state index in [-0.39, 0.29) is 42.3 Å². The molecule has 0 aromatic heterocycles. The number of hydrogen-bond donors (Lipinski definition) is 0. The van der Waals surface area contributed by atoms with Gasteiger partial charge >= 0.3 is 0 Å². The number of amides is 2. The van der Waals surface area contributed by atoms with Gasteiger partial charge in [0.2, 0.25) is 11.8 Å². The number of Topliss-reactive ketones (excluding diaryl/α,β-unsaturated/α-hetero) is 2. The summed E-state index contributed by atoms with van der Waals surface area (Å²) in [6, 6.07) is 0.0962. The van der Waals surface area contributed by atoms with E-state index in [1.54, 1.807) is 23.9 Å². The number of nitrogens with zero attached hydrogens (tertiary/aromatic N) is 2. The molecule has 0 aliphatic heterocycles. The van der Waals surface area contributed by atoms with Gasteiger partial charge in [0.25, 0.3) is 0 Å². The third-order valence-corrected chi connectivity index (χ3v) is 3.90. The fourth-order valence-corrected chi connectivity index (χ4v) is 2.22. The molecule has 0 saturated heterocycles. The second-order valence-electron chi connectivity index (χ2n) is 6.28. The molecule has 2 amide bonds. The van der Waals surface area contributed by atoms with Crippen LogP contribution in [0.15, 0.2) is 0 Å². The summed E-state index contributed by atoms with van der Waals surface area (Å²) in [6.45, 7) is 5.44. The quantitative estimate of drug-likeness (QED) is 0.429. The largest absolute Gasteiger partial charge is 0.345 e. The Labute approximate surface area is 139 Å². The summed E-state index contributed by atoms with van der Waals surface area (Å²) in [5, 5.41) is 0. The van der Waals surface area contributed by atoms with Gasteiger partial charge in [0.1, 0.15) is 11.6 Å². The van der Waals surface area contributed by atoms with Crippen LogP contribution in [0.1, 0.15) is 59.3 Å². The summed E-state index contributed by atoms with van der Waals surface area (Å²) < 4.78 is 0. The van der Waals surface area contributed by atoms with E-state index in [0.717, 1.165) is 25.7 Å². The van der Waals surface area contributed by atoms with Gasteiger partial charge in [0.15, 0.2) is 0 Å². The maximum atomic E-state index is 11.8. The van der Waals surface area contributed by atoms with Gasteiger partial charge in [-0.2, -0.15) is 0 Å². The number of carbonyl (C=O) groups excluding carboxylic acids is 4. The van der Waals surface area contributed by atoms with Gasteiger partial charge in [0.05, 0.1) is 12.8 Å². The SMILES string of the molecule is CC(=O)CC(=O)N(C)CCCCCC(C)N(C)C(=O)CC(C)=O. The second kappa shape index (κ2) is 10.9. The van der Waals surface area contributed by atoms with E-state index < -0.39 is 0 Å². The summed E-state index contributed by atoms with van der Waals surface area (Å²) in [7, 11) is 3.44. The molecule has 23 heavy (non-hydrogen) atoms. The average Bonchev–Trinajstić information content (AvgIpc) is 2.43. The van der Waals surface area contributed by atoms with Crippen LogP contribution >= 0.6 is 0 Å². The van der Waals surface area contributed by atoms with Crippen molar-refractivity contribution >= 4 is 23.4 Å². The lowest BCUT2D eigenvalue weighted by atomic mass is 10.1. The lowest BCUT2D eigenvalue weighted by Crippen LogP contribution is -2.35. The number of hydrogen-bond acceptors (Lipinski definition) is 4. The second-order valence-corrected chi connectivity index (χ2v) is 6.28. The Balaban J connectivity index is 3.90. The van der Waals surface area contributed by atoms with Crippen molar-refractivity contribution in [2.75, 3.05) is 20.6 Å². The highest BCUT2D eigenvalue weighted by atomic mass is 16.2. The normalized spacial score (nSPS) is 11.7. The van der Waals surface area contributed by atoms with E-state index in [9.17, 15) is 19.2 Å². The molecule has 132 valence electrons. The number of carbonyl (C=O) groups is 4. The Morgan fingerprint density at radius 3 is 1.87 bits per heavy atom. The van der Waals surface area contributed by atoms with Crippen LogP contribution in [0.4, 0.5) is 0 Å². The summed E-state index contributed by atoms with van der Waals surface area (Å²) >= 11 is 0. The first-order valence-corrected chi connectivity index (χ1v) is 8.13. The Morgan fingerprint density at radius 2 is 1.35 bits per heavy atom. The van der Waals surface area contributed by atoms with Crippen LogP contribution < -0.4 is 0 Å². The van der Waals surface area contributed by atoms with E-state index in [0.29, 0.717) is 6.54 Å². The summed E-state index contributed by atoms with van der Waals surface area (Å²) in [4.78, 5) is 48.5. The molecule has 0 spiro atoms.